The van der Waals surface area contributed by atoms with Crippen molar-refractivity contribution in [1.29, 1.82) is 0 Å². The third-order valence-corrected chi connectivity index (χ3v) is 4.74. The maximum atomic E-state index is 4.73. The molecular formula is C22H19N. The van der Waals surface area contributed by atoms with Crippen molar-refractivity contribution in [2.45, 2.75) is 19.3 Å². The summed E-state index contributed by atoms with van der Waals surface area (Å²) in [6, 6.07) is 26.1. The molecule has 3 aromatic rings. The largest absolute Gasteiger partial charge is 0.259 e. The molecule has 0 fully saturated rings. The number of aryl methyl sites for hydroxylation is 2. The van der Waals surface area contributed by atoms with Crippen LogP contribution in [0, 0.1) is 13.8 Å². The number of nitrogens with zero attached hydrogens (tertiary/aromatic N) is 1. The van der Waals surface area contributed by atoms with Crippen LogP contribution in [0.1, 0.15) is 27.8 Å². The van der Waals surface area contributed by atoms with Gasteiger partial charge in [-0.15, -0.1) is 0 Å². The lowest BCUT2D eigenvalue weighted by molar-refractivity contribution is 0.866. The van der Waals surface area contributed by atoms with Crippen LogP contribution in [-0.4, -0.2) is 6.21 Å². The fourth-order valence-electron chi connectivity index (χ4n) is 3.42. The van der Waals surface area contributed by atoms with E-state index in [4.69, 9.17) is 4.99 Å². The molecule has 1 aliphatic heterocycles. The van der Waals surface area contributed by atoms with E-state index < -0.39 is 0 Å². The first kappa shape index (κ1) is 14.0. The van der Waals surface area contributed by atoms with Gasteiger partial charge in [-0.05, 0) is 36.6 Å². The summed E-state index contributed by atoms with van der Waals surface area (Å²) in [4.78, 5) is 4.73. The van der Waals surface area contributed by atoms with E-state index in [0.717, 1.165) is 5.69 Å². The highest BCUT2D eigenvalue weighted by Crippen LogP contribution is 2.46. The highest BCUT2D eigenvalue weighted by Gasteiger charge is 2.39. The Bertz CT molecular complexity index is 825. The lowest BCUT2D eigenvalue weighted by atomic mass is 9.71. The zero-order valence-electron chi connectivity index (χ0n) is 13.5. The predicted molar refractivity (Wildman–Crippen MR) is 96.8 cm³/mol. The van der Waals surface area contributed by atoms with Crippen molar-refractivity contribution in [3.63, 3.8) is 0 Å². The number of hydrogen-bond acceptors (Lipinski definition) is 1. The van der Waals surface area contributed by atoms with Crippen molar-refractivity contribution in [2.24, 2.45) is 4.99 Å². The predicted octanol–water partition coefficient (Wildman–Crippen LogP) is 5.35. The number of benzene rings is 3. The Morgan fingerprint density at radius 2 is 1.17 bits per heavy atom. The number of para-hydroxylation sites is 1. The first-order valence-corrected chi connectivity index (χ1v) is 7.99. The Morgan fingerprint density at radius 3 is 1.74 bits per heavy atom. The molecule has 23 heavy (non-hydrogen) atoms. The van der Waals surface area contributed by atoms with Crippen LogP contribution in [0.2, 0.25) is 0 Å². The van der Waals surface area contributed by atoms with Crippen LogP contribution in [-0.2, 0) is 5.41 Å². The Kier molecular flexibility index (Phi) is 3.16. The van der Waals surface area contributed by atoms with Gasteiger partial charge in [0.15, 0.2) is 0 Å². The Hall–Kier alpha value is -2.67. The van der Waals surface area contributed by atoms with Gasteiger partial charge in [0.25, 0.3) is 0 Å². The molecule has 0 N–H and O–H groups in total. The molecule has 112 valence electrons. The number of fused-ring (bicyclic) bond motifs is 1. The molecule has 0 saturated heterocycles. The van der Waals surface area contributed by atoms with Crippen LogP contribution in [0.4, 0.5) is 5.69 Å². The monoisotopic (exact) mass is 297 g/mol. The van der Waals surface area contributed by atoms with Gasteiger partial charge < -0.3 is 0 Å². The van der Waals surface area contributed by atoms with Gasteiger partial charge in [-0.1, -0.05) is 77.9 Å². The van der Waals surface area contributed by atoms with E-state index in [9.17, 15) is 0 Å². The van der Waals surface area contributed by atoms with Crippen LogP contribution in [0.15, 0.2) is 77.8 Å². The first-order chi connectivity index (χ1) is 11.2. The molecule has 0 unspecified atom stereocenters. The van der Waals surface area contributed by atoms with Crippen LogP contribution in [0.5, 0.6) is 0 Å². The lowest BCUT2D eigenvalue weighted by Gasteiger charge is -2.29. The molecule has 0 atom stereocenters. The molecule has 1 heteroatoms. The van der Waals surface area contributed by atoms with Crippen molar-refractivity contribution in [1.82, 2.24) is 0 Å². The Balaban J connectivity index is 2.01. The highest BCUT2D eigenvalue weighted by atomic mass is 14.8. The van der Waals surface area contributed by atoms with E-state index in [1.807, 2.05) is 0 Å². The second-order valence-electron chi connectivity index (χ2n) is 6.32. The van der Waals surface area contributed by atoms with E-state index in [-0.39, 0.29) is 5.41 Å². The van der Waals surface area contributed by atoms with Gasteiger partial charge in [0, 0.05) is 6.21 Å². The van der Waals surface area contributed by atoms with Gasteiger partial charge in [-0.2, -0.15) is 0 Å². The summed E-state index contributed by atoms with van der Waals surface area (Å²) < 4.78 is 0. The van der Waals surface area contributed by atoms with Crippen molar-refractivity contribution in [2.75, 3.05) is 0 Å². The maximum Gasteiger partial charge on any atom is 0.0825 e. The van der Waals surface area contributed by atoms with Gasteiger partial charge in [0.2, 0.25) is 0 Å². The van der Waals surface area contributed by atoms with Crippen LogP contribution in [0.25, 0.3) is 0 Å². The molecule has 0 aliphatic carbocycles. The van der Waals surface area contributed by atoms with E-state index in [2.05, 4.69) is 92.9 Å². The van der Waals surface area contributed by atoms with E-state index >= 15 is 0 Å². The molecule has 1 heterocycles. The molecule has 0 spiro atoms. The third kappa shape index (κ3) is 2.12. The SMILES string of the molecule is Cc1ccc(C2(c3ccc(C)cc3)C=Nc3ccccc32)cc1. The standard InChI is InChI=1S/C22H19N/c1-16-7-11-18(12-8-16)22(19-13-9-17(2)10-14-19)15-23-21-6-4-3-5-20(21)22/h3-15H,1-2H3. The molecule has 3 aromatic carbocycles. The molecule has 0 amide bonds. The van der Waals surface area contributed by atoms with Gasteiger partial charge in [-0.25, -0.2) is 0 Å². The summed E-state index contributed by atoms with van der Waals surface area (Å²) in [5, 5.41) is 0. The highest BCUT2D eigenvalue weighted by molar-refractivity contribution is 5.93. The molecule has 0 aromatic heterocycles. The van der Waals surface area contributed by atoms with Crippen molar-refractivity contribution in [3.05, 3.63) is 101 Å². The van der Waals surface area contributed by atoms with Gasteiger partial charge in [0.05, 0.1) is 11.1 Å². The van der Waals surface area contributed by atoms with Gasteiger partial charge in [-0.3, -0.25) is 4.99 Å². The van der Waals surface area contributed by atoms with Crippen molar-refractivity contribution in [3.8, 4) is 0 Å². The molecule has 1 aliphatic rings. The summed E-state index contributed by atoms with van der Waals surface area (Å²) in [5.41, 5.74) is 7.10. The fourth-order valence-corrected chi connectivity index (χ4v) is 3.42. The Morgan fingerprint density at radius 1 is 0.652 bits per heavy atom. The second kappa shape index (κ2) is 5.20. The average molecular weight is 297 g/mol. The van der Waals surface area contributed by atoms with E-state index in [0.29, 0.717) is 0 Å². The Labute approximate surface area is 137 Å². The zero-order chi connectivity index (χ0) is 15.9. The minimum atomic E-state index is -0.294. The van der Waals surface area contributed by atoms with Crippen LogP contribution in [0.3, 0.4) is 0 Å². The molecular weight excluding hydrogens is 278 g/mol. The van der Waals surface area contributed by atoms with Crippen molar-refractivity contribution >= 4 is 11.9 Å². The molecule has 0 radical (unpaired) electrons. The summed E-state index contributed by atoms with van der Waals surface area (Å²) >= 11 is 0. The minimum Gasteiger partial charge on any atom is -0.259 e. The van der Waals surface area contributed by atoms with Crippen LogP contribution >= 0.6 is 0 Å². The average Bonchev–Trinajstić information content (AvgIpc) is 2.97. The fraction of sp³-hybridized carbons (Fsp3) is 0.136. The lowest BCUT2D eigenvalue weighted by Crippen LogP contribution is -2.28. The van der Waals surface area contributed by atoms with Gasteiger partial charge in [0.1, 0.15) is 0 Å². The number of aliphatic imine (C=N–C) groups is 1. The van der Waals surface area contributed by atoms with Crippen molar-refractivity contribution < 1.29 is 0 Å². The van der Waals surface area contributed by atoms with E-state index in [1.54, 1.807) is 0 Å². The minimum absolute atomic E-state index is 0.294. The normalized spacial score (nSPS) is 14.7. The van der Waals surface area contributed by atoms with E-state index in [1.165, 1.54) is 27.8 Å². The molecule has 0 saturated carbocycles. The molecule has 0 bridgehead atoms. The third-order valence-electron chi connectivity index (χ3n) is 4.74. The second-order valence-corrected chi connectivity index (χ2v) is 6.32. The quantitative estimate of drug-likeness (QED) is 0.604. The summed E-state index contributed by atoms with van der Waals surface area (Å²) in [7, 11) is 0. The van der Waals surface area contributed by atoms with Gasteiger partial charge >= 0.3 is 0 Å². The molecule has 4 rings (SSSR count). The summed E-state index contributed by atoms with van der Waals surface area (Å²) in [6.45, 7) is 4.25. The van der Waals surface area contributed by atoms with Crippen LogP contribution < -0.4 is 0 Å². The molecule has 1 nitrogen and oxygen atoms in total. The first-order valence-electron chi connectivity index (χ1n) is 7.99. The topological polar surface area (TPSA) is 12.4 Å². The summed E-state index contributed by atoms with van der Waals surface area (Å²) in [6.07, 6.45) is 2.10. The maximum absolute atomic E-state index is 4.73. The number of hydrogen-bond donors (Lipinski definition) is 0. The smallest absolute Gasteiger partial charge is 0.0825 e. The number of rotatable bonds is 2. The summed E-state index contributed by atoms with van der Waals surface area (Å²) in [5.74, 6) is 0. The zero-order valence-corrected chi connectivity index (χ0v) is 13.5.